The molecule has 0 radical (unpaired) electrons. The topological polar surface area (TPSA) is 37.8 Å². The van der Waals surface area contributed by atoms with Crippen LogP contribution in [0.25, 0.3) is 10.9 Å². The zero-order chi connectivity index (χ0) is 13.7. The third kappa shape index (κ3) is 3.80. The van der Waals surface area contributed by atoms with Crippen LogP contribution in [0.4, 0.5) is 5.82 Å². The van der Waals surface area contributed by atoms with Gasteiger partial charge in [0, 0.05) is 11.4 Å². The second-order valence-corrected chi connectivity index (χ2v) is 5.24. The molecule has 0 bridgehead atoms. The summed E-state index contributed by atoms with van der Waals surface area (Å²) in [5.41, 5.74) is 0.880. The van der Waals surface area contributed by atoms with E-state index in [4.69, 9.17) is 11.6 Å². The molecule has 2 aromatic rings. The van der Waals surface area contributed by atoms with E-state index in [2.05, 4.69) is 29.1 Å². The molecule has 4 heteroatoms. The van der Waals surface area contributed by atoms with Crippen molar-refractivity contribution < 1.29 is 0 Å². The zero-order valence-corrected chi connectivity index (χ0v) is 12.2. The van der Waals surface area contributed by atoms with Crippen molar-refractivity contribution in [1.29, 1.82) is 0 Å². The van der Waals surface area contributed by atoms with Crippen LogP contribution in [0.5, 0.6) is 0 Å². The number of hydrogen-bond donors (Lipinski definition) is 1. The molecule has 0 aliphatic rings. The summed E-state index contributed by atoms with van der Waals surface area (Å²) in [6, 6.07) is 8.32. The van der Waals surface area contributed by atoms with Gasteiger partial charge in [-0.15, -0.1) is 0 Å². The average molecular weight is 278 g/mol. The van der Waals surface area contributed by atoms with Gasteiger partial charge in [-0.3, -0.25) is 0 Å². The molecule has 0 saturated carbocycles. The number of unbranched alkanes of at least 4 members (excludes halogenated alkanes) is 2. The molecule has 1 aromatic heterocycles. The van der Waals surface area contributed by atoms with Crippen LogP contribution in [0, 0.1) is 0 Å². The molecule has 0 spiro atoms. The number of nitrogens with one attached hydrogen (secondary N) is 1. The quantitative estimate of drug-likeness (QED) is 0.616. The fraction of sp³-hybridized carbons (Fsp3) is 0.467. The largest absolute Gasteiger partial charge is 0.367 e. The van der Waals surface area contributed by atoms with E-state index in [0.717, 1.165) is 23.1 Å². The minimum Gasteiger partial charge on any atom is -0.367 e. The fourth-order valence-electron chi connectivity index (χ4n) is 2.16. The molecule has 0 saturated heterocycles. The molecule has 2 rings (SSSR count). The number of benzene rings is 1. The van der Waals surface area contributed by atoms with Crippen molar-refractivity contribution in [3.63, 3.8) is 0 Å². The Morgan fingerprint density at radius 1 is 1.21 bits per heavy atom. The minimum absolute atomic E-state index is 0.293. The van der Waals surface area contributed by atoms with Crippen molar-refractivity contribution >= 4 is 28.3 Å². The second-order valence-electron chi connectivity index (χ2n) is 4.90. The van der Waals surface area contributed by atoms with E-state index in [1.54, 1.807) is 0 Å². The highest BCUT2D eigenvalue weighted by Gasteiger charge is 2.09. The Morgan fingerprint density at radius 3 is 2.79 bits per heavy atom. The van der Waals surface area contributed by atoms with E-state index in [-0.39, 0.29) is 0 Å². The third-order valence-corrected chi connectivity index (χ3v) is 3.37. The molecule has 1 N–H and O–H groups in total. The van der Waals surface area contributed by atoms with Gasteiger partial charge in [-0.05, 0) is 37.1 Å². The van der Waals surface area contributed by atoms with Crippen molar-refractivity contribution in [2.45, 2.75) is 45.6 Å². The highest BCUT2D eigenvalue weighted by molar-refractivity contribution is 6.28. The first kappa shape index (κ1) is 14.1. The highest BCUT2D eigenvalue weighted by atomic mass is 35.5. The second kappa shape index (κ2) is 6.71. The normalized spacial score (nSPS) is 12.6. The van der Waals surface area contributed by atoms with Crippen molar-refractivity contribution in [3.05, 3.63) is 29.5 Å². The van der Waals surface area contributed by atoms with Crippen LogP contribution in [-0.4, -0.2) is 16.0 Å². The van der Waals surface area contributed by atoms with Crippen molar-refractivity contribution in [3.8, 4) is 0 Å². The van der Waals surface area contributed by atoms with Gasteiger partial charge in [-0.1, -0.05) is 38.3 Å². The first-order valence-corrected chi connectivity index (χ1v) is 7.27. The molecule has 19 heavy (non-hydrogen) atoms. The van der Waals surface area contributed by atoms with Gasteiger partial charge in [0.2, 0.25) is 5.28 Å². The number of fused-ring (bicyclic) bond motifs is 1. The van der Waals surface area contributed by atoms with E-state index >= 15 is 0 Å². The summed E-state index contributed by atoms with van der Waals surface area (Å²) in [7, 11) is 0. The Kier molecular flexibility index (Phi) is 4.97. The first-order valence-electron chi connectivity index (χ1n) is 6.89. The van der Waals surface area contributed by atoms with Gasteiger partial charge in [-0.25, -0.2) is 9.97 Å². The molecule has 1 unspecified atom stereocenters. The SMILES string of the molecule is CCCCCC(C)Nc1nc(Cl)nc2ccccc12. The number of nitrogens with zero attached hydrogens (tertiary/aromatic N) is 2. The van der Waals surface area contributed by atoms with Crippen LogP contribution in [0.3, 0.4) is 0 Å². The predicted molar refractivity (Wildman–Crippen MR) is 81.8 cm³/mol. The van der Waals surface area contributed by atoms with E-state index in [1.165, 1.54) is 19.3 Å². The van der Waals surface area contributed by atoms with E-state index in [1.807, 2.05) is 24.3 Å². The maximum Gasteiger partial charge on any atom is 0.224 e. The number of para-hydroxylation sites is 1. The molecule has 1 heterocycles. The molecule has 102 valence electrons. The molecule has 0 amide bonds. The summed E-state index contributed by atoms with van der Waals surface area (Å²) in [6.07, 6.45) is 4.90. The van der Waals surface area contributed by atoms with E-state index in [9.17, 15) is 0 Å². The molecular weight excluding hydrogens is 258 g/mol. The Bertz CT molecular complexity index is 542. The summed E-state index contributed by atoms with van der Waals surface area (Å²) in [5, 5.41) is 4.76. The average Bonchev–Trinajstić information content (AvgIpc) is 2.39. The summed E-state index contributed by atoms with van der Waals surface area (Å²) >= 11 is 5.97. The standard InChI is InChI=1S/C15H20ClN3/c1-3-4-5-8-11(2)17-14-12-9-6-7-10-13(12)18-15(16)19-14/h6-7,9-11H,3-5,8H2,1-2H3,(H,17,18,19). The monoisotopic (exact) mass is 277 g/mol. The predicted octanol–water partition coefficient (Wildman–Crippen LogP) is 4.66. The van der Waals surface area contributed by atoms with Crippen LogP contribution in [0.2, 0.25) is 5.28 Å². The Labute approximate surface area is 119 Å². The van der Waals surface area contributed by atoms with Gasteiger partial charge in [0.15, 0.2) is 0 Å². The van der Waals surface area contributed by atoms with Gasteiger partial charge in [0.05, 0.1) is 5.52 Å². The molecule has 1 aromatic carbocycles. The van der Waals surface area contributed by atoms with Gasteiger partial charge >= 0.3 is 0 Å². The Morgan fingerprint density at radius 2 is 2.00 bits per heavy atom. The maximum atomic E-state index is 5.97. The number of aromatic nitrogens is 2. The van der Waals surface area contributed by atoms with Crippen LogP contribution in [0.15, 0.2) is 24.3 Å². The number of hydrogen-bond acceptors (Lipinski definition) is 3. The smallest absolute Gasteiger partial charge is 0.224 e. The Hall–Kier alpha value is -1.35. The summed E-state index contributed by atoms with van der Waals surface area (Å²) in [6.45, 7) is 4.40. The number of halogens is 1. The molecule has 1 atom stereocenters. The lowest BCUT2D eigenvalue weighted by molar-refractivity contribution is 0.614. The molecule has 0 aliphatic heterocycles. The van der Waals surface area contributed by atoms with Crippen molar-refractivity contribution in [2.24, 2.45) is 0 Å². The van der Waals surface area contributed by atoms with Crippen LogP contribution >= 0.6 is 11.6 Å². The van der Waals surface area contributed by atoms with Gasteiger partial charge < -0.3 is 5.32 Å². The third-order valence-electron chi connectivity index (χ3n) is 3.20. The Balaban J connectivity index is 2.15. The maximum absolute atomic E-state index is 5.97. The van der Waals surface area contributed by atoms with Crippen LogP contribution in [0.1, 0.15) is 39.5 Å². The summed E-state index contributed by atoms with van der Waals surface area (Å²) in [4.78, 5) is 8.55. The number of rotatable bonds is 6. The minimum atomic E-state index is 0.293. The first-order chi connectivity index (χ1) is 9.20. The number of anilines is 1. The molecule has 0 fully saturated rings. The molecule has 0 aliphatic carbocycles. The van der Waals surface area contributed by atoms with Gasteiger partial charge in [-0.2, -0.15) is 0 Å². The fourth-order valence-corrected chi connectivity index (χ4v) is 2.34. The van der Waals surface area contributed by atoms with Crippen molar-refractivity contribution in [2.75, 3.05) is 5.32 Å². The van der Waals surface area contributed by atoms with Gasteiger partial charge in [0.1, 0.15) is 5.82 Å². The van der Waals surface area contributed by atoms with Crippen LogP contribution < -0.4 is 5.32 Å². The van der Waals surface area contributed by atoms with E-state index in [0.29, 0.717) is 11.3 Å². The van der Waals surface area contributed by atoms with E-state index < -0.39 is 0 Å². The lowest BCUT2D eigenvalue weighted by Gasteiger charge is -2.15. The molecule has 3 nitrogen and oxygen atoms in total. The van der Waals surface area contributed by atoms with Gasteiger partial charge in [0.25, 0.3) is 0 Å². The van der Waals surface area contributed by atoms with Crippen molar-refractivity contribution in [1.82, 2.24) is 9.97 Å². The van der Waals surface area contributed by atoms with Crippen LogP contribution in [-0.2, 0) is 0 Å². The zero-order valence-electron chi connectivity index (χ0n) is 11.5. The lowest BCUT2D eigenvalue weighted by atomic mass is 10.1. The molecular formula is C15H20ClN3. The summed E-state index contributed by atoms with van der Waals surface area (Å²) < 4.78 is 0. The summed E-state index contributed by atoms with van der Waals surface area (Å²) in [5.74, 6) is 0.833. The lowest BCUT2D eigenvalue weighted by Crippen LogP contribution is -2.16. The highest BCUT2D eigenvalue weighted by Crippen LogP contribution is 2.23.